The Labute approximate surface area is 151 Å². The van der Waals surface area contributed by atoms with Crippen molar-refractivity contribution in [1.82, 2.24) is 10.2 Å². The smallest absolute Gasteiger partial charge is 0.234 e. The van der Waals surface area contributed by atoms with Gasteiger partial charge in [0.05, 0.1) is 27.9 Å². The second-order valence-electron chi connectivity index (χ2n) is 7.25. The monoisotopic (exact) mass is 352 g/mol. The van der Waals surface area contributed by atoms with Gasteiger partial charge in [-0.15, -0.1) is 0 Å². The van der Waals surface area contributed by atoms with Crippen LogP contribution in [0, 0.1) is 5.41 Å². The van der Waals surface area contributed by atoms with Crippen LogP contribution in [0.4, 0.5) is 0 Å². The van der Waals surface area contributed by atoms with Gasteiger partial charge in [-0.25, -0.2) is 0 Å². The minimum atomic E-state index is -0.0320. The third-order valence-corrected chi connectivity index (χ3v) is 4.57. The van der Waals surface area contributed by atoms with E-state index in [1.807, 2.05) is 13.1 Å². The summed E-state index contributed by atoms with van der Waals surface area (Å²) in [5, 5.41) is 2.94. The fourth-order valence-electron chi connectivity index (χ4n) is 2.50. The van der Waals surface area contributed by atoms with E-state index in [-0.39, 0.29) is 17.4 Å². The van der Waals surface area contributed by atoms with E-state index in [0.29, 0.717) is 30.3 Å². The lowest BCUT2D eigenvalue weighted by molar-refractivity contribution is -0.123. The summed E-state index contributed by atoms with van der Waals surface area (Å²) >= 11 is 0. The van der Waals surface area contributed by atoms with Crippen LogP contribution in [0.2, 0.25) is 0 Å². The highest BCUT2D eigenvalue weighted by Gasteiger charge is 2.25. The van der Waals surface area contributed by atoms with Crippen molar-refractivity contribution in [2.75, 3.05) is 34.9 Å². The van der Waals surface area contributed by atoms with E-state index in [1.165, 1.54) is 0 Å². The highest BCUT2D eigenvalue weighted by molar-refractivity contribution is 5.78. The molecule has 0 aromatic heterocycles. The van der Waals surface area contributed by atoms with Crippen LogP contribution in [0.5, 0.6) is 17.2 Å². The number of carbonyl (C=O) groups excluding carboxylic acids is 1. The van der Waals surface area contributed by atoms with Crippen molar-refractivity contribution in [3.63, 3.8) is 0 Å². The number of ether oxygens (including phenoxy) is 3. The molecule has 0 heterocycles. The molecule has 1 atom stereocenters. The Balaban J connectivity index is 2.76. The van der Waals surface area contributed by atoms with Crippen molar-refractivity contribution in [2.45, 2.75) is 40.3 Å². The van der Waals surface area contributed by atoms with Crippen molar-refractivity contribution in [2.24, 2.45) is 5.41 Å². The number of likely N-dealkylation sites (N-methyl/N-ethyl adjacent to an activating group) is 1. The molecule has 0 saturated carbocycles. The molecule has 0 aliphatic carbocycles. The van der Waals surface area contributed by atoms with Crippen LogP contribution in [0.25, 0.3) is 0 Å². The molecule has 25 heavy (non-hydrogen) atoms. The van der Waals surface area contributed by atoms with E-state index in [0.717, 1.165) is 5.56 Å². The first kappa shape index (κ1) is 21.1. The van der Waals surface area contributed by atoms with Gasteiger partial charge in [0, 0.05) is 24.2 Å². The summed E-state index contributed by atoms with van der Waals surface area (Å²) in [6.45, 7) is 9.33. The minimum Gasteiger partial charge on any atom is -0.496 e. The van der Waals surface area contributed by atoms with Gasteiger partial charge in [-0.2, -0.15) is 0 Å². The SMILES string of the molecule is COc1cc(OC)c(OC)cc1CNC(=O)CN(C)C(C)C(C)(C)C. The van der Waals surface area contributed by atoms with Crippen molar-refractivity contribution < 1.29 is 19.0 Å². The zero-order valence-electron chi connectivity index (χ0n) is 16.7. The number of rotatable bonds is 8. The van der Waals surface area contributed by atoms with Crippen molar-refractivity contribution in [1.29, 1.82) is 0 Å². The lowest BCUT2D eigenvalue weighted by Crippen LogP contribution is -2.44. The largest absolute Gasteiger partial charge is 0.496 e. The fraction of sp³-hybridized carbons (Fsp3) is 0.632. The molecule has 0 radical (unpaired) electrons. The van der Waals surface area contributed by atoms with Gasteiger partial charge in [-0.1, -0.05) is 20.8 Å². The van der Waals surface area contributed by atoms with Crippen LogP contribution in [-0.4, -0.2) is 51.8 Å². The molecular weight excluding hydrogens is 320 g/mol. The number of methoxy groups -OCH3 is 3. The molecule has 0 saturated heterocycles. The van der Waals surface area contributed by atoms with Gasteiger partial charge in [0.15, 0.2) is 11.5 Å². The summed E-state index contributed by atoms with van der Waals surface area (Å²) in [6.07, 6.45) is 0. The summed E-state index contributed by atoms with van der Waals surface area (Å²) in [4.78, 5) is 14.3. The van der Waals surface area contributed by atoms with Gasteiger partial charge in [-0.05, 0) is 25.5 Å². The molecule has 0 bridgehead atoms. The number of nitrogens with zero attached hydrogens (tertiary/aromatic N) is 1. The molecule has 1 amide bonds. The van der Waals surface area contributed by atoms with Crippen molar-refractivity contribution in [3.05, 3.63) is 17.7 Å². The van der Waals surface area contributed by atoms with Crippen LogP contribution in [0.3, 0.4) is 0 Å². The molecule has 0 aliphatic rings. The van der Waals surface area contributed by atoms with Gasteiger partial charge in [0.1, 0.15) is 5.75 Å². The molecule has 6 heteroatoms. The second-order valence-corrected chi connectivity index (χ2v) is 7.25. The number of carbonyl (C=O) groups is 1. The van der Waals surface area contributed by atoms with Crippen LogP contribution in [0.15, 0.2) is 12.1 Å². The molecule has 1 aromatic carbocycles. The quantitative estimate of drug-likeness (QED) is 0.779. The Kier molecular flexibility index (Phi) is 7.55. The summed E-state index contributed by atoms with van der Waals surface area (Å²) in [5.74, 6) is 1.81. The van der Waals surface area contributed by atoms with E-state index in [9.17, 15) is 4.79 Å². The Bertz CT molecular complexity index is 582. The van der Waals surface area contributed by atoms with E-state index < -0.39 is 0 Å². The molecule has 142 valence electrons. The molecule has 1 aromatic rings. The lowest BCUT2D eigenvalue weighted by atomic mass is 9.87. The van der Waals surface area contributed by atoms with E-state index in [2.05, 4.69) is 37.9 Å². The number of hydrogen-bond donors (Lipinski definition) is 1. The minimum absolute atomic E-state index is 0.0320. The van der Waals surface area contributed by atoms with E-state index in [1.54, 1.807) is 27.4 Å². The number of hydrogen-bond acceptors (Lipinski definition) is 5. The molecular formula is C19H32N2O4. The second kappa shape index (κ2) is 8.94. The lowest BCUT2D eigenvalue weighted by Gasteiger charge is -2.34. The molecule has 0 fully saturated rings. The Morgan fingerprint density at radius 1 is 1.08 bits per heavy atom. The predicted octanol–water partition coefficient (Wildman–Crippen LogP) is 2.70. The first-order chi connectivity index (χ1) is 11.6. The zero-order valence-corrected chi connectivity index (χ0v) is 16.7. The fourth-order valence-corrected chi connectivity index (χ4v) is 2.50. The van der Waals surface area contributed by atoms with Gasteiger partial charge in [0.25, 0.3) is 0 Å². The standard InChI is InChI=1S/C19H32N2O4/c1-13(19(2,3)4)21(5)12-18(22)20-11-14-9-16(24-7)17(25-8)10-15(14)23-6/h9-10,13H,11-12H2,1-8H3,(H,20,22). The summed E-state index contributed by atoms with van der Waals surface area (Å²) in [6, 6.07) is 3.86. The first-order valence-electron chi connectivity index (χ1n) is 8.39. The molecule has 1 rings (SSSR count). The molecule has 1 unspecified atom stereocenters. The highest BCUT2D eigenvalue weighted by atomic mass is 16.5. The third-order valence-electron chi connectivity index (χ3n) is 4.57. The predicted molar refractivity (Wildman–Crippen MR) is 99.5 cm³/mol. The normalized spacial score (nSPS) is 12.7. The van der Waals surface area contributed by atoms with Crippen LogP contribution in [0.1, 0.15) is 33.3 Å². The maximum absolute atomic E-state index is 12.3. The average molecular weight is 352 g/mol. The van der Waals surface area contributed by atoms with Gasteiger partial charge in [-0.3, -0.25) is 9.69 Å². The van der Waals surface area contributed by atoms with Crippen molar-refractivity contribution in [3.8, 4) is 17.2 Å². The van der Waals surface area contributed by atoms with Crippen LogP contribution < -0.4 is 19.5 Å². The average Bonchev–Trinajstić information content (AvgIpc) is 2.57. The Hall–Kier alpha value is -1.95. The molecule has 0 aliphatic heterocycles. The number of nitrogens with one attached hydrogen (secondary N) is 1. The Morgan fingerprint density at radius 2 is 1.60 bits per heavy atom. The zero-order chi connectivity index (χ0) is 19.2. The summed E-state index contributed by atoms with van der Waals surface area (Å²) < 4.78 is 16.0. The third kappa shape index (κ3) is 5.81. The molecule has 1 N–H and O–H groups in total. The van der Waals surface area contributed by atoms with E-state index >= 15 is 0 Å². The number of benzene rings is 1. The van der Waals surface area contributed by atoms with Crippen LogP contribution in [-0.2, 0) is 11.3 Å². The van der Waals surface area contributed by atoms with Crippen LogP contribution >= 0.6 is 0 Å². The van der Waals surface area contributed by atoms with Crippen molar-refractivity contribution >= 4 is 5.91 Å². The first-order valence-corrected chi connectivity index (χ1v) is 8.39. The Morgan fingerprint density at radius 3 is 2.08 bits per heavy atom. The maximum Gasteiger partial charge on any atom is 0.234 e. The van der Waals surface area contributed by atoms with Gasteiger partial charge in [0.2, 0.25) is 5.91 Å². The molecule has 6 nitrogen and oxygen atoms in total. The maximum atomic E-state index is 12.3. The highest BCUT2D eigenvalue weighted by Crippen LogP contribution is 2.34. The van der Waals surface area contributed by atoms with E-state index in [4.69, 9.17) is 14.2 Å². The topological polar surface area (TPSA) is 60.0 Å². The molecule has 0 spiro atoms. The van der Waals surface area contributed by atoms with Gasteiger partial charge >= 0.3 is 0 Å². The number of amides is 1. The summed E-state index contributed by atoms with van der Waals surface area (Å²) in [5.41, 5.74) is 0.946. The summed E-state index contributed by atoms with van der Waals surface area (Å²) in [7, 11) is 6.71. The van der Waals surface area contributed by atoms with Gasteiger partial charge < -0.3 is 19.5 Å².